The van der Waals surface area contributed by atoms with E-state index in [0.717, 1.165) is 16.3 Å². The third kappa shape index (κ3) is 1.54. The molecule has 0 radical (unpaired) electrons. The summed E-state index contributed by atoms with van der Waals surface area (Å²) in [4.78, 5) is 14.9. The Labute approximate surface area is 98.1 Å². The van der Waals surface area contributed by atoms with E-state index in [1.54, 1.807) is 0 Å². The van der Waals surface area contributed by atoms with Crippen LogP contribution in [0.4, 0.5) is 4.79 Å². The molecule has 4 nitrogen and oxygen atoms in total. The Kier molecular flexibility index (Phi) is 2.08. The van der Waals surface area contributed by atoms with Gasteiger partial charge in [0.15, 0.2) is 0 Å². The fourth-order valence-corrected chi connectivity index (χ4v) is 2.15. The molecule has 0 fully saturated rings. The number of carbonyl (C=O) groups excluding carboxylic acids is 1. The molecule has 1 unspecified atom stereocenters. The lowest BCUT2D eigenvalue weighted by Gasteiger charge is -2.13. The van der Waals surface area contributed by atoms with Gasteiger partial charge in [0.25, 0.3) is 0 Å². The van der Waals surface area contributed by atoms with Crippen LogP contribution in [0, 0.1) is 0 Å². The average Bonchev–Trinajstić information content (AvgIpc) is 2.68. The topological polar surface area (TPSA) is 67.5 Å². The van der Waals surface area contributed by atoms with Crippen molar-refractivity contribution in [3.63, 3.8) is 0 Å². The average molecular weight is 225 g/mol. The van der Waals surface area contributed by atoms with Crippen molar-refractivity contribution < 1.29 is 4.79 Å². The van der Waals surface area contributed by atoms with Crippen LogP contribution in [0.25, 0.3) is 10.8 Å². The van der Waals surface area contributed by atoms with Crippen molar-refractivity contribution in [1.29, 1.82) is 0 Å². The largest absolute Gasteiger partial charge is 0.385 e. The molecule has 3 N–H and O–H groups in total. The van der Waals surface area contributed by atoms with E-state index >= 15 is 0 Å². The maximum Gasteiger partial charge on any atom is 0.343 e. The molecule has 0 saturated heterocycles. The van der Waals surface area contributed by atoms with Crippen LogP contribution in [0.1, 0.15) is 11.6 Å². The van der Waals surface area contributed by atoms with E-state index in [1.807, 2.05) is 42.5 Å². The van der Waals surface area contributed by atoms with Gasteiger partial charge in [0.2, 0.25) is 0 Å². The maximum absolute atomic E-state index is 11.2. The van der Waals surface area contributed by atoms with Crippen molar-refractivity contribution >= 4 is 22.6 Å². The first-order valence-corrected chi connectivity index (χ1v) is 5.38. The smallest absolute Gasteiger partial charge is 0.343 e. The van der Waals surface area contributed by atoms with Crippen molar-refractivity contribution in [3.05, 3.63) is 48.0 Å². The third-order valence-electron chi connectivity index (χ3n) is 2.93. The van der Waals surface area contributed by atoms with Crippen molar-refractivity contribution in [1.82, 2.24) is 5.32 Å². The Hall–Kier alpha value is -2.36. The number of amides is 2. The van der Waals surface area contributed by atoms with Gasteiger partial charge in [0.1, 0.15) is 11.9 Å². The Bertz CT molecular complexity index is 628. The first-order valence-electron chi connectivity index (χ1n) is 5.38. The second-order valence-corrected chi connectivity index (χ2v) is 3.99. The number of nitrogens with one attached hydrogen (secondary N) is 1. The molecule has 1 aliphatic rings. The number of aliphatic imine (C=N–C) groups is 1. The number of benzene rings is 2. The van der Waals surface area contributed by atoms with E-state index in [-0.39, 0.29) is 12.1 Å². The lowest BCUT2D eigenvalue weighted by molar-refractivity contribution is 0.250. The first-order chi connectivity index (χ1) is 8.25. The van der Waals surface area contributed by atoms with Crippen LogP contribution in [0.2, 0.25) is 0 Å². The van der Waals surface area contributed by atoms with E-state index in [4.69, 9.17) is 5.73 Å². The molecule has 4 heteroatoms. The molecule has 0 bridgehead atoms. The number of amidine groups is 1. The molecule has 2 amide bonds. The molecule has 2 aromatic rings. The monoisotopic (exact) mass is 225 g/mol. The number of urea groups is 1. The van der Waals surface area contributed by atoms with Crippen LogP contribution in [-0.4, -0.2) is 11.9 Å². The van der Waals surface area contributed by atoms with Gasteiger partial charge in [0, 0.05) is 0 Å². The highest BCUT2D eigenvalue weighted by atomic mass is 16.2. The molecule has 84 valence electrons. The summed E-state index contributed by atoms with van der Waals surface area (Å²) in [6.07, 6.45) is 0. The molecule has 0 spiro atoms. The summed E-state index contributed by atoms with van der Waals surface area (Å²) >= 11 is 0. The molecular formula is C13H11N3O. The Morgan fingerprint density at radius 1 is 1.12 bits per heavy atom. The summed E-state index contributed by atoms with van der Waals surface area (Å²) in [5.41, 5.74) is 6.74. The predicted molar refractivity (Wildman–Crippen MR) is 66.8 cm³/mol. The molecule has 1 aliphatic heterocycles. The lowest BCUT2D eigenvalue weighted by atomic mass is 9.98. The molecule has 0 saturated carbocycles. The van der Waals surface area contributed by atoms with Crippen molar-refractivity contribution in [2.75, 3.05) is 0 Å². The summed E-state index contributed by atoms with van der Waals surface area (Å²) in [6.45, 7) is 0. The van der Waals surface area contributed by atoms with Crippen LogP contribution in [0.15, 0.2) is 47.5 Å². The molecule has 2 aromatic carbocycles. The Balaban J connectivity index is 2.18. The molecule has 1 atom stereocenters. The quantitative estimate of drug-likeness (QED) is 0.779. The van der Waals surface area contributed by atoms with E-state index in [1.165, 1.54) is 0 Å². The summed E-state index contributed by atoms with van der Waals surface area (Å²) < 4.78 is 0. The Morgan fingerprint density at radius 3 is 2.65 bits per heavy atom. The summed E-state index contributed by atoms with van der Waals surface area (Å²) in [6, 6.07) is 13.3. The van der Waals surface area contributed by atoms with E-state index in [2.05, 4.69) is 10.3 Å². The van der Waals surface area contributed by atoms with Gasteiger partial charge >= 0.3 is 6.03 Å². The zero-order valence-corrected chi connectivity index (χ0v) is 9.05. The highest BCUT2D eigenvalue weighted by molar-refractivity contribution is 6.05. The van der Waals surface area contributed by atoms with E-state index in [9.17, 15) is 4.79 Å². The third-order valence-corrected chi connectivity index (χ3v) is 2.93. The molecule has 0 aliphatic carbocycles. The standard InChI is InChI=1S/C13H11N3O/c14-12-11(15-13(17)16-12)10-7-3-5-8-4-1-2-6-9(8)10/h1-7,11H,(H3,14,15,16,17). The number of rotatable bonds is 1. The highest BCUT2D eigenvalue weighted by Crippen LogP contribution is 2.26. The molecule has 17 heavy (non-hydrogen) atoms. The fraction of sp³-hybridized carbons (Fsp3) is 0.0769. The number of carbonyl (C=O) groups is 1. The summed E-state index contributed by atoms with van der Waals surface area (Å²) in [5, 5.41) is 4.95. The minimum atomic E-state index is -0.375. The minimum Gasteiger partial charge on any atom is -0.385 e. The summed E-state index contributed by atoms with van der Waals surface area (Å²) in [5.74, 6) is 0.325. The van der Waals surface area contributed by atoms with Gasteiger partial charge in [-0.1, -0.05) is 42.5 Å². The maximum atomic E-state index is 11.2. The van der Waals surface area contributed by atoms with Gasteiger partial charge in [-0.05, 0) is 16.3 Å². The normalized spacial score (nSPS) is 19.2. The SMILES string of the molecule is NC1=NC(=O)NC1c1cccc2ccccc12. The van der Waals surface area contributed by atoms with Gasteiger partial charge < -0.3 is 11.1 Å². The predicted octanol–water partition coefficient (Wildman–Crippen LogP) is 1.96. The van der Waals surface area contributed by atoms with Crippen molar-refractivity contribution in [2.24, 2.45) is 10.7 Å². The van der Waals surface area contributed by atoms with Crippen LogP contribution in [-0.2, 0) is 0 Å². The molecule has 3 rings (SSSR count). The fourth-order valence-electron chi connectivity index (χ4n) is 2.15. The minimum absolute atomic E-state index is 0.311. The van der Waals surface area contributed by atoms with Gasteiger partial charge in [0.05, 0.1) is 0 Å². The Morgan fingerprint density at radius 2 is 1.88 bits per heavy atom. The van der Waals surface area contributed by atoms with Gasteiger partial charge in [-0.25, -0.2) is 4.79 Å². The number of fused-ring (bicyclic) bond motifs is 1. The van der Waals surface area contributed by atoms with Crippen LogP contribution in [0.3, 0.4) is 0 Å². The number of hydrogen-bond donors (Lipinski definition) is 2. The van der Waals surface area contributed by atoms with E-state index in [0.29, 0.717) is 5.84 Å². The van der Waals surface area contributed by atoms with Gasteiger partial charge in [-0.3, -0.25) is 0 Å². The summed E-state index contributed by atoms with van der Waals surface area (Å²) in [7, 11) is 0. The first kappa shape index (κ1) is 9.84. The number of nitrogens with two attached hydrogens (primary N) is 1. The molecule has 1 heterocycles. The number of nitrogens with zero attached hydrogens (tertiary/aromatic N) is 1. The van der Waals surface area contributed by atoms with E-state index < -0.39 is 0 Å². The zero-order chi connectivity index (χ0) is 11.8. The second-order valence-electron chi connectivity index (χ2n) is 3.99. The van der Waals surface area contributed by atoms with Crippen LogP contribution >= 0.6 is 0 Å². The van der Waals surface area contributed by atoms with Crippen LogP contribution in [0.5, 0.6) is 0 Å². The van der Waals surface area contributed by atoms with Gasteiger partial charge in [-0.15, -0.1) is 0 Å². The zero-order valence-electron chi connectivity index (χ0n) is 9.05. The highest BCUT2D eigenvalue weighted by Gasteiger charge is 2.26. The van der Waals surface area contributed by atoms with Crippen molar-refractivity contribution in [3.8, 4) is 0 Å². The number of hydrogen-bond acceptors (Lipinski definition) is 2. The van der Waals surface area contributed by atoms with Crippen LogP contribution < -0.4 is 11.1 Å². The lowest BCUT2D eigenvalue weighted by Crippen LogP contribution is -2.27. The molecular weight excluding hydrogens is 214 g/mol. The van der Waals surface area contributed by atoms with Crippen molar-refractivity contribution in [2.45, 2.75) is 6.04 Å². The van der Waals surface area contributed by atoms with Gasteiger partial charge in [-0.2, -0.15) is 4.99 Å². The second kappa shape index (κ2) is 3.59. The molecule has 0 aromatic heterocycles.